The molecule has 1 aromatic heterocycles. The van der Waals surface area contributed by atoms with Crippen LogP contribution in [0.5, 0.6) is 0 Å². The Morgan fingerprint density at radius 3 is 2.76 bits per heavy atom. The van der Waals surface area contributed by atoms with Crippen LogP contribution in [0.1, 0.15) is 22.4 Å². The molecule has 1 heterocycles. The van der Waals surface area contributed by atoms with Crippen molar-refractivity contribution in [2.75, 3.05) is 0 Å². The number of hydrogen-bond acceptors (Lipinski definition) is 2. The quantitative estimate of drug-likeness (QED) is 0.822. The van der Waals surface area contributed by atoms with E-state index in [4.69, 9.17) is 5.73 Å². The smallest absolute Gasteiger partial charge is 0.176 e. The van der Waals surface area contributed by atoms with Crippen molar-refractivity contribution in [3.05, 3.63) is 57.5 Å². The number of halogens is 1. The van der Waals surface area contributed by atoms with E-state index in [0.29, 0.717) is 0 Å². The zero-order valence-electron chi connectivity index (χ0n) is 9.45. The number of benzene rings is 1. The molecule has 0 saturated carbocycles. The van der Waals surface area contributed by atoms with Crippen molar-refractivity contribution in [3.63, 3.8) is 0 Å². The Morgan fingerprint density at radius 2 is 2.00 bits per heavy atom. The molecule has 0 saturated heterocycles. The fourth-order valence-electron chi connectivity index (χ4n) is 2.57. The highest BCUT2D eigenvalue weighted by molar-refractivity contribution is 7.10. The first kappa shape index (κ1) is 10.9. The van der Waals surface area contributed by atoms with Crippen molar-refractivity contribution >= 4 is 11.3 Å². The van der Waals surface area contributed by atoms with Gasteiger partial charge in [-0.05, 0) is 36.5 Å². The van der Waals surface area contributed by atoms with Crippen molar-refractivity contribution in [2.24, 2.45) is 5.73 Å². The Morgan fingerprint density at radius 1 is 1.24 bits per heavy atom. The molecule has 1 aliphatic carbocycles. The van der Waals surface area contributed by atoms with Crippen molar-refractivity contribution in [1.82, 2.24) is 0 Å². The van der Waals surface area contributed by atoms with Crippen LogP contribution >= 0.6 is 11.3 Å². The molecule has 1 aromatic carbocycles. The summed E-state index contributed by atoms with van der Waals surface area (Å²) in [5.41, 5.74) is 8.39. The number of fused-ring (bicyclic) bond motifs is 1. The molecule has 0 fully saturated rings. The van der Waals surface area contributed by atoms with Gasteiger partial charge in [0.15, 0.2) is 5.13 Å². The Kier molecular flexibility index (Phi) is 2.53. The second-order valence-electron chi connectivity index (χ2n) is 4.70. The van der Waals surface area contributed by atoms with Gasteiger partial charge >= 0.3 is 0 Å². The molecule has 1 unspecified atom stereocenters. The Bertz CT molecular complexity index is 534. The van der Waals surface area contributed by atoms with Gasteiger partial charge in [0.1, 0.15) is 0 Å². The highest BCUT2D eigenvalue weighted by atomic mass is 32.1. The minimum atomic E-state index is -0.332. The zero-order valence-corrected chi connectivity index (χ0v) is 10.3. The average molecular weight is 247 g/mol. The van der Waals surface area contributed by atoms with E-state index in [1.165, 1.54) is 16.2 Å². The van der Waals surface area contributed by atoms with E-state index in [0.717, 1.165) is 30.4 Å². The highest BCUT2D eigenvalue weighted by Gasteiger charge is 2.33. The van der Waals surface area contributed by atoms with Crippen molar-refractivity contribution < 1.29 is 4.39 Å². The summed E-state index contributed by atoms with van der Waals surface area (Å²) < 4.78 is 13.2. The lowest BCUT2D eigenvalue weighted by molar-refractivity contribution is 0.388. The van der Waals surface area contributed by atoms with E-state index in [1.54, 1.807) is 6.07 Å². The minimum absolute atomic E-state index is 0.0905. The maximum Gasteiger partial charge on any atom is 0.176 e. The molecule has 3 rings (SSSR count). The number of hydrogen-bond donors (Lipinski definition) is 1. The molecule has 0 radical (unpaired) electrons. The van der Waals surface area contributed by atoms with Crippen LogP contribution in [0.4, 0.5) is 4.39 Å². The third kappa shape index (κ3) is 1.90. The molecule has 2 aromatic rings. The molecule has 0 spiro atoms. The molecule has 1 atom stereocenters. The van der Waals surface area contributed by atoms with Crippen LogP contribution in [0.2, 0.25) is 0 Å². The second kappa shape index (κ2) is 3.93. The number of rotatable bonds is 1. The molecule has 17 heavy (non-hydrogen) atoms. The number of thiophene rings is 1. The lowest BCUT2D eigenvalue weighted by atomic mass is 9.77. The monoisotopic (exact) mass is 247 g/mol. The van der Waals surface area contributed by atoms with Gasteiger partial charge in [0.05, 0.1) is 0 Å². The zero-order chi connectivity index (χ0) is 11.9. The molecule has 0 bridgehead atoms. The van der Waals surface area contributed by atoms with Gasteiger partial charge in [-0.2, -0.15) is 4.39 Å². The Hall–Kier alpha value is -1.19. The fraction of sp³-hybridized carbons (Fsp3) is 0.286. The third-order valence-electron chi connectivity index (χ3n) is 3.52. The molecular formula is C14H14FNS. The van der Waals surface area contributed by atoms with Crippen LogP contribution in [-0.2, 0) is 18.4 Å². The summed E-state index contributed by atoms with van der Waals surface area (Å²) in [6.07, 6.45) is 2.52. The first-order valence-electron chi connectivity index (χ1n) is 5.79. The van der Waals surface area contributed by atoms with E-state index in [2.05, 4.69) is 12.1 Å². The lowest BCUT2D eigenvalue weighted by Crippen LogP contribution is -2.41. The van der Waals surface area contributed by atoms with Crippen molar-refractivity contribution in [3.8, 4) is 0 Å². The normalized spacial score (nSPS) is 23.4. The van der Waals surface area contributed by atoms with Gasteiger partial charge in [-0.15, -0.1) is 11.3 Å². The summed E-state index contributed by atoms with van der Waals surface area (Å²) in [7, 11) is 0. The number of nitrogens with two attached hydrogens (primary N) is 1. The van der Waals surface area contributed by atoms with Gasteiger partial charge in [-0.25, -0.2) is 0 Å². The maximum absolute atomic E-state index is 13.2. The van der Waals surface area contributed by atoms with Crippen molar-refractivity contribution in [2.45, 2.75) is 24.8 Å². The second-order valence-corrected chi connectivity index (χ2v) is 5.78. The largest absolute Gasteiger partial charge is 0.321 e. The van der Waals surface area contributed by atoms with Gasteiger partial charge in [0.25, 0.3) is 0 Å². The van der Waals surface area contributed by atoms with E-state index in [1.807, 2.05) is 18.2 Å². The molecular weight excluding hydrogens is 233 g/mol. The summed E-state index contributed by atoms with van der Waals surface area (Å²) in [6, 6.07) is 11.8. The van der Waals surface area contributed by atoms with Crippen molar-refractivity contribution in [1.29, 1.82) is 0 Å². The lowest BCUT2D eigenvalue weighted by Gasteiger charge is -2.33. The van der Waals surface area contributed by atoms with Crippen LogP contribution in [0.3, 0.4) is 0 Å². The standard InChI is InChI=1S/C14H14FNS/c15-13-8-10-9-14(16,7-6-12(10)17-13)11-4-2-1-3-5-11/h1-5,8H,6-7,9,16H2. The van der Waals surface area contributed by atoms with Gasteiger partial charge in [0.2, 0.25) is 0 Å². The molecule has 88 valence electrons. The summed E-state index contributed by atoms with van der Waals surface area (Å²) in [5, 5.41) is -0.0905. The Labute approximate surface area is 104 Å². The Balaban J connectivity index is 1.97. The van der Waals surface area contributed by atoms with E-state index in [9.17, 15) is 4.39 Å². The van der Waals surface area contributed by atoms with Gasteiger partial charge in [-0.3, -0.25) is 0 Å². The summed E-state index contributed by atoms with van der Waals surface area (Å²) in [6.45, 7) is 0. The van der Waals surface area contributed by atoms with Crippen LogP contribution in [0.25, 0.3) is 0 Å². The highest BCUT2D eigenvalue weighted by Crippen LogP contribution is 2.37. The fourth-order valence-corrected chi connectivity index (χ4v) is 3.48. The minimum Gasteiger partial charge on any atom is -0.321 e. The maximum atomic E-state index is 13.2. The molecule has 0 aliphatic heterocycles. The molecule has 3 heteroatoms. The first-order chi connectivity index (χ1) is 8.17. The molecule has 2 N–H and O–H groups in total. The van der Waals surface area contributed by atoms with E-state index < -0.39 is 0 Å². The van der Waals surface area contributed by atoms with Gasteiger partial charge in [-0.1, -0.05) is 30.3 Å². The summed E-state index contributed by atoms with van der Waals surface area (Å²) in [4.78, 5) is 1.17. The first-order valence-corrected chi connectivity index (χ1v) is 6.60. The predicted molar refractivity (Wildman–Crippen MR) is 68.6 cm³/mol. The van der Waals surface area contributed by atoms with Gasteiger partial charge in [0, 0.05) is 10.4 Å². The predicted octanol–water partition coefficient (Wildman–Crippen LogP) is 3.23. The SMILES string of the molecule is NC1(c2ccccc2)CCc2sc(F)cc2C1. The van der Waals surface area contributed by atoms with Crippen LogP contribution in [0.15, 0.2) is 36.4 Å². The molecule has 1 nitrogen and oxygen atoms in total. The van der Waals surface area contributed by atoms with E-state index >= 15 is 0 Å². The van der Waals surface area contributed by atoms with Gasteiger partial charge < -0.3 is 5.73 Å². The number of aryl methyl sites for hydroxylation is 1. The topological polar surface area (TPSA) is 26.0 Å². The molecule has 0 amide bonds. The van der Waals surface area contributed by atoms with Crippen LogP contribution in [-0.4, -0.2) is 0 Å². The summed E-state index contributed by atoms with van der Waals surface area (Å²) in [5.74, 6) is 0. The molecule has 1 aliphatic rings. The van der Waals surface area contributed by atoms with Crippen LogP contribution in [0, 0.1) is 5.13 Å². The average Bonchev–Trinajstić information content (AvgIpc) is 2.69. The third-order valence-corrected chi connectivity index (χ3v) is 4.54. The summed E-state index contributed by atoms with van der Waals surface area (Å²) >= 11 is 1.26. The van der Waals surface area contributed by atoms with Crippen LogP contribution < -0.4 is 5.73 Å². The van der Waals surface area contributed by atoms with E-state index in [-0.39, 0.29) is 10.7 Å².